The van der Waals surface area contributed by atoms with Crippen LogP contribution < -0.4 is 10.6 Å². The minimum Gasteiger partial charge on any atom is -0.328 e. The van der Waals surface area contributed by atoms with Crippen LogP contribution in [0.3, 0.4) is 0 Å². The summed E-state index contributed by atoms with van der Waals surface area (Å²) in [6.07, 6.45) is 3.34. The van der Waals surface area contributed by atoms with Crippen LogP contribution in [0.25, 0.3) is 0 Å². The Morgan fingerprint density at radius 3 is 2.48 bits per heavy atom. The van der Waals surface area contributed by atoms with Crippen molar-refractivity contribution in [2.24, 2.45) is 0 Å². The maximum Gasteiger partial charge on any atom is 0.318 e. The standard InChI is InChI=1S/C18H26N4O/c23-17(20-18(7-8-18)15-4-2-1-3-5-15)22-12-10-21(11-13-22)16-6-9-19-14-16/h1-5,16,19H,6-14H2,(H,20,23)/t16-/m1/s1. The number of urea groups is 1. The highest BCUT2D eigenvalue weighted by Gasteiger charge is 2.46. The molecule has 2 amide bonds. The number of carbonyl (C=O) groups excluding carboxylic acids is 1. The fourth-order valence-electron chi connectivity index (χ4n) is 3.89. The van der Waals surface area contributed by atoms with Gasteiger partial charge in [0.15, 0.2) is 0 Å². The van der Waals surface area contributed by atoms with E-state index in [0.717, 1.165) is 52.1 Å². The third kappa shape index (κ3) is 3.08. The molecule has 2 saturated heterocycles. The molecule has 1 atom stereocenters. The topological polar surface area (TPSA) is 47.6 Å². The SMILES string of the molecule is O=C(NC1(c2ccccc2)CC1)N1CCN([C@@H]2CCNC2)CC1. The second-order valence-electron chi connectivity index (χ2n) is 7.05. The number of hydrogen-bond acceptors (Lipinski definition) is 3. The molecule has 0 aromatic heterocycles. The van der Waals surface area contributed by atoms with Crippen LogP contribution in [0.15, 0.2) is 30.3 Å². The average Bonchev–Trinajstić information content (AvgIpc) is 3.18. The molecular formula is C18H26N4O. The van der Waals surface area contributed by atoms with Gasteiger partial charge in [0, 0.05) is 38.8 Å². The Balaban J connectivity index is 1.32. The summed E-state index contributed by atoms with van der Waals surface area (Å²) in [6, 6.07) is 11.1. The van der Waals surface area contributed by atoms with Gasteiger partial charge in [-0.1, -0.05) is 30.3 Å². The van der Waals surface area contributed by atoms with Crippen LogP contribution in [0.4, 0.5) is 4.79 Å². The zero-order valence-corrected chi connectivity index (χ0v) is 13.6. The Kier molecular flexibility index (Phi) is 3.99. The molecule has 4 rings (SSSR count). The van der Waals surface area contributed by atoms with E-state index >= 15 is 0 Å². The second kappa shape index (κ2) is 6.13. The maximum atomic E-state index is 12.6. The zero-order chi connectivity index (χ0) is 15.7. The molecular weight excluding hydrogens is 288 g/mol. The van der Waals surface area contributed by atoms with E-state index in [1.165, 1.54) is 12.0 Å². The van der Waals surface area contributed by atoms with Crippen LogP contribution >= 0.6 is 0 Å². The van der Waals surface area contributed by atoms with E-state index < -0.39 is 0 Å². The van der Waals surface area contributed by atoms with Crippen molar-refractivity contribution in [3.63, 3.8) is 0 Å². The largest absolute Gasteiger partial charge is 0.328 e. The lowest BCUT2D eigenvalue weighted by Crippen LogP contribution is -2.55. The Bertz CT molecular complexity index is 543. The highest BCUT2D eigenvalue weighted by molar-refractivity contribution is 5.76. The predicted molar refractivity (Wildman–Crippen MR) is 90.3 cm³/mol. The van der Waals surface area contributed by atoms with Gasteiger partial charge in [-0.3, -0.25) is 4.90 Å². The molecule has 2 N–H and O–H groups in total. The fourth-order valence-corrected chi connectivity index (χ4v) is 3.89. The minimum absolute atomic E-state index is 0.106. The van der Waals surface area contributed by atoms with Crippen molar-refractivity contribution in [1.82, 2.24) is 20.4 Å². The third-order valence-electron chi connectivity index (χ3n) is 5.57. The van der Waals surface area contributed by atoms with Crippen LogP contribution in [0.2, 0.25) is 0 Å². The molecule has 1 saturated carbocycles. The molecule has 5 nitrogen and oxygen atoms in total. The Labute approximate surface area is 138 Å². The monoisotopic (exact) mass is 314 g/mol. The first-order valence-electron chi connectivity index (χ1n) is 8.84. The smallest absolute Gasteiger partial charge is 0.318 e. The lowest BCUT2D eigenvalue weighted by Gasteiger charge is -2.38. The molecule has 0 radical (unpaired) electrons. The molecule has 5 heteroatoms. The minimum atomic E-state index is -0.106. The van der Waals surface area contributed by atoms with E-state index in [0.29, 0.717) is 6.04 Å². The molecule has 124 valence electrons. The first-order valence-corrected chi connectivity index (χ1v) is 8.84. The fraction of sp³-hybridized carbons (Fsp3) is 0.611. The van der Waals surface area contributed by atoms with Crippen LogP contribution in [0.5, 0.6) is 0 Å². The highest BCUT2D eigenvalue weighted by Crippen LogP contribution is 2.45. The number of carbonyl (C=O) groups is 1. The summed E-state index contributed by atoms with van der Waals surface area (Å²) < 4.78 is 0. The lowest BCUT2D eigenvalue weighted by atomic mass is 10.1. The van der Waals surface area contributed by atoms with Crippen molar-refractivity contribution >= 4 is 6.03 Å². The maximum absolute atomic E-state index is 12.6. The number of nitrogens with one attached hydrogen (secondary N) is 2. The number of nitrogens with zero attached hydrogens (tertiary/aromatic N) is 2. The van der Waals surface area contributed by atoms with Gasteiger partial charge in [-0.05, 0) is 31.4 Å². The Morgan fingerprint density at radius 2 is 1.87 bits per heavy atom. The van der Waals surface area contributed by atoms with Gasteiger partial charge in [0.2, 0.25) is 0 Å². The van der Waals surface area contributed by atoms with Gasteiger partial charge in [-0.2, -0.15) is 0 Å². The molecule has 0 bridgehead atoms. The van der Waals surface area contributed by atoms with E-state index in [1.807, 2.05) is 11.0 Å². The van der Waals surface area contributed by atoms with Crippen molar-refractivity contribution in [3.8, 4) is 0 Å². The van der Waals surface area contributed by atoms with Gasteiger partial charge in [0.25, 0.3) is 0 Å². The van der Waals surface area contributed by atoms with Gasteiger partial charge < -0.3 is 15.5 Å². The zero-order valence-electron chi connectivity index (χ0n) is 13.6. The lowest BCUT2D eigenvalue weighted by molar-refractivity contribution is 0.112. The summed E-state index contributed by atoms with van der Waals surface area (Å²) in [6.45, 7) is 5.91. The molecule has 3 fully saturated rings. The Hall–Kier alpha value is -1.59. The van der Waals surface area contributed by atoms with E-state index in [4.69, 9.17) is 0 Å². The summed E-state index contributed by atoms with van der Waals surface area (Å²) in [5, 5.41) is 6.72. The van der Waals surface area contributed by atoms with Crippen molar-refractivity contribution in [2.75, 3.05) is 39.3 Å². The van der Waals surface area contributed by atoms with Gasteiger partial charge in [-0.15, -0.1) is 0 Å². The summed E-state index contributed by atoms with van der Waals surface area (Å²) in [5.41, 5.74) is 1.13. The summed E-state index contributed by atoms with van der Waals surface area (Å²) in [7, 11) is 0. The molecule has 1 aromatic rings. The molecule has 2 heterocycles. The van der Waals surface area contributed by atoms with Crippen LogP contribution in [0.1, 0.15) is 24.8 Å². The van der Waals surface area contributed by atoms with E-state index in [2.05, 4.69) is 39.8 Å². The quantitative estimate of drug-likeness (QED) is 0.886. The van der Waals surface area contributed by atoms with Crippen molar-refractivity contribution < 1.29 is 4.79 Å². The molecule has 1 aromatic carbocycles. The summed E-state index contributed by atoms with van der Waals surface area (Å²) in [5.74, 6) is 0. The molecule has 2 aliphatic heterocycles. The van der Waals surface area contributed by atoms with Crippen molar-refractivity contribution in [2.45, 2.75) is 30.8 Å². The van der Waals surface area contributed by atoms with Gasteiger partial charge in [0.1, 0.15) is 0 Å². The number of benzene rings is 1. The summed E-state index contributed by atoms with van der Waals surface area (Å²) in [4.78, 5) is 17.2. The molecule has 0 spiro atoms. The number of piperazine rings is 1. The number of rotatable bonds is 3. The van der Waals surface area contributed by atoms with E-state index in [9.17, 15) is 4.79 Å². The van der Waals surface area contributed by atoms with Gasteiger partial charge in [-0.25, -0.2) is 4.79 Å². The second-order valence-corrected chi connectivity index (χ2v) is 7.05. The third-order valence-corrected chi connectivity index (χ3v) is 5.57. The molecule has 3 aliphatic rings. The van der Waals surface area contributed by atoms with Crippen LogP contribution in [-0.2, 0) is 5.54 Å². The van der Waals surface area contributed by atoms with Crippen molar-refractivity contribution in [3.05, 3.63) is 35.9 Å². The predicted octanol–water partition coefficient (Wildman–Crippen LogP) is 1.36. The average molecular weight is 314 g/mol. The first kappa shape index (κ1) is 15.0. The van der Waals surface area contributed by atoms with E-state index in [1.54, 1.807) is 0 Å². The number of amides is 2. The van der Waals surface area contributed by atoms with Crippen LogP contribution in [0, 0.1) is 0 Å². The molecule has 1 aliphatic carbocycles. The first-order chi connectivity index (χ1) is 11.3. The number of hydrogen-bond donors (Lipinski definition) is 2. The van der Waals surface area contributed by atoms with Crippen LogP contribution in [-0.4, -0.2) is 61.1 Å². The molecule has 0 unspecified atom stereocenters. The normalized spacial score (nSPS) is 27.0. The van der Waals surface area contributed by atoms with Gasteiger partial charge >= 0.3 is 6.03 Å². The van der Waals surface area contributed by atoms with Crippen molar-refractivity contribution in [1.29, 1.82) is 0 Å². The van der Waals surface area contributed by atoms with Gasteiger partial charge in [0.05, 0.1) is 5.54 Å². The summed E-state index contributed by atoms with van der Waals surface area (Å²) >= 11 is 0. The Morgan fingerprint density at radius 1 is 1.13 bits per heavy atom. The highest BCUT2D eigenvalue weighted by atomic mass is 16.2. The van der Waals surface area contributed by atoms with E-state index in [-0.39, 0.29) is 11.6 Å². The molecule has 23 heavy (non-hydrogen) atoms.